The van der Waals surface area contributed by atoms with Gasteiger partial charge < -0.3 is 19.0 Å². The lowest BCUT2D eigenvalue weighted by atomic mass is 10.3. The van der Waals surface area contributed by atoms with Gasteiger partial charge in [0.1, 0.15) is 11.5 Å². The van der Waals surface area contributed by atoms with Crippen molar-refractivity contribution in [2.24, 2.45) is 0 Å². The van der Waals surface area contributed by atoms with Crippen molar-refractivity contribution in [2.75, 3.05) is 22.1 Å². The van der Waals surface area contributed by atoms with Crippen molar-refractivity contribution in [3.63, 3.8) is 0 Å². The molecule has 0 spiro atoms. The molecule has 0 heterocycles. The summed E-state index contributed by atoms with van der Waals surface area (Å²) in [7, 11) is -7.36. The van der Waals surface area contributed by atoms with Crippen molar-refractivity contribution in [1.82, 2.24) is 0 Å². The van der Waals surface area contributed by atoms with E-state index in [4.69, 9.17) is 8.37 Å². The molecule has 0 aliphatic heterocycles. The highest BCUT2D eigenvalue weighted by Gasteiger charge is 2.12. The normalized spacial score (nSPS) is 11.5. The van der Waals surface area contributed by atoms with Gasteiger partial charge in [0, 0.05) is 23.5 Å². The summed E-state index contributed by atoms with van der Waals surface area (Å²) < 4.78 is 55.9. The molecule has 0 saturated heterocycles. The zero-order chi connectivity index (χ0) is 20.8. The molecule has 2 aromatic rings. The molecule has 2 N–H and O–H groups in total. The third-order valence-corrected chi connectivity index (χ3v) is 5.64. The second-order valence-corrected chi connectivity index (χ2v) is 9.21. The van der Waals surface area contributed by atoms with E-state index in [0.29, 0.717) is 11.4 Å². The minimum Gasteiger partial charge on any atom is -0.382 e. The van der Waals surface area contributed by atoms with Gasteiger partial charge in [-0.1, -0.05) is 12.1 Å². The van der Waals surface area contributed by atoms with Crippen LogP contribution in [0.1, 0.15) is 13.8 Å². The van der Waals surface area contributed by atoms with Crippen LogP contribution >= 0.6 is 0 Å². The van der Waals surface area contributed by atoms with Crippen molar-refractivity contribution < 1.29 is 30.0 Å². The van der Waals surface area contributed by atoms with E-state index in [9.17, 15) is 21.6 Å². The second kappa shape index (κ2) is 8.93. The van der Waals surface area contributed by atoms with E-state index in [0.717, 1.165) is 0 Å². The Morgan fingerprint density at radius 1 is 0.786 bits per heavy atom. The molecular weight excluding hydrogens is 408 g/mol. The summed E-state index contributed by atoms with van der Waals surface area (Å²) in [4.78, 5) is 12.1. The number of nitrogens with one attached hydrogen (secondary N) is 2. The average molecular weight is 428 g/mol. The Kier molecular flexibility index (Phi) is 6.86. The molecule has 0 aromatic heterocycles. The minimum atomic E-state index is -3.68. The number of carbonyl (C=O) groups is 1. The first kappa shape index (κ1) is 21.5. The number of urea groups is 1. The highest BCUT2D eigenvalue weighted by molar-refractivity contribution is 7.87. The fraction of sp³-hybridized carbons (Fsp3) is 0.235. The number of benzene rings is 2. The maximum absolute atomic E-state index is 12.1. The third kappa shape index (κ3) is 6.74. The van der Waals surface area contributed by atoms with Crippen molar-refractivity contribution in [2.45, 2.75) is 13.8 Å². The van der Waals surface area contributed by atoms with E-state index < -0.39 is 26.3 Å². The zero-order valence-electron chi connectivity index (χ0n) is 15.2. The van der Waals surface area contributed by atoms with Crippen LogP contribution in [0.2, 0.25) is 0 Å². The number of carbonyl (C=O) groups excluding carboxylic acids is 1. The lowest BCUT2D eigenvalue weighted by molar-refractivity contribution is 0.262. The van der Waals surface area contributed by atoms with Gasteiger partial charge in [0.2, 0.25) is 0 Å². The molecule has 11 heteroatoms. The molecule has 2 amide bonds. The van der Waals surface area contributed by atoms with Crippen LogP contribution in [-0.2, 0) is 20.2 Å². The number of anilines is 2. The highest BCUT2D eigenvalue weighted by Crippen LogP contribution is 2.21. The smallest absolute Gasteiger partial charge is 0.323 e. The van der Waals surface area contributed by atoms with Crippen molar-refractivity contribution in [3.8, 4) is 11.5 Å². The summed E-state index contributed by atoms with van der Waals surface area (Å²) in [5, 5.41) is 5.06. The molecule has 0 fully saturated rings. The predicted molar refractivity (Wildman–Crippen MR) is 106 cm³/mol. The zero-order valence-corrected chi connectivity index (χ0v) is 16.8. The van der Waals surface area contributed by atoms with Crippen LogP contribution in [-0.4, -0.2) is 34.4 Å². The van der Waals surface area contributed by atoms with Gasteiger partial charge in [-0.25, -0.2) is 4.79 Å². The molecular formula is C17H20N2O7S2. The molecule has 28 heavy (non-hydrogen) atoms. The molecule has 0 saturated carbocycles. The number of hydrogen-bond donors (Lipinski definition) is 2. The standard InChI is InChI=1S/C17H20N2O7S2/c1-3-27(21,22)25-15-9-5-7-13(11-15)18-17(20)19-14-8-6-10-16(12-14)26-28(23,24)4-2/h5-12H,3-4H2,1-2H3,(H2,18,19,20). The second-order valence-electron chi connectivity index (χ2n) is 5.49. The van der Waals surface area contributed by atoms with Crippen LogP contribution in [0, 0.1) is 0 Å². The Hall–Kier alpha value is -2.79. The predicted octanol–water partition coefficient (Wildman–Crippen LogP) is 2.79. The van der Waals surface area contributed by atoms with Gasteiger partial charge in [0.25, 0.3) is 0 Å². The van der Waals surface area contributed by atoms with Crippen LogP contribution in [0.25, 0.3) is 0 Å². The minimum absolute atomic E-state index is 0.0693. The Bertz CT molecular complexity index is 967. The summed E-state index contributed by atoms with van der Waals surface area (Å²) in [6.45, 7) is 2.91. The van der Waals surface area contributed by atoms with E-state index in [1.54, 1.807) is 12.1 Å². The van der Waals surface area contributed by atoms with E-state index in [1.807, 2.05) is 0 Å². The first-order valence-electron chi connectivity index (χ1n) is 8.25. The number of hydrogen-bond acceptors (Lipinski definition) is 7. The Balaban J connectivity index is 2.05. The van der Waals surface area contributed by atoms with Gasteiger partial charge in [0.15, 0.2) is 0 Å². The molecule has 0 unspecified atom stereocenters. The van der Waals surface area contributed by atoms with E-state index in [-0.39, 0.29) is 23.0 Å². The molecule has 152 valence electrons. The molecule has 9 nitrogen and oxygen atoms in total. The fourth-order valence-corrected chi connectivity index (χ4v) is 2.99. The van der Waals surface area contributed by atoms with Crippen LogP contribution in [0.5, 0.6) is 11.5 Å². The van der Waals surface area contributed by atoms with E-state index in [1.165, 1.54) is 50.2 Å². The van der Waals surface area contributed by atoms with Gasteiger partial charge in [-0.15, -0.1) is 0 Å². The maximum atomic E-state index is 12.1. The Morgan fingerprint density at radius 2 is 1.18 bits per heavy atom. The summed E-state index contributed by atoms with van der Waals surface area (Å²) >= 11 is 0. The monoisotopic (exact) mass is 428 g/mol. The van der Waals surface area contributed by atoms with Crippen LogP contribution in [0.15, 0.2) is 48.5 Å². The molecule has 0 radical (unpaired) electrons. The molecule has 0 atom stereocenters. The van der Waals surface area contributed by atoms with Crippen molar-refractivity contribution in [1.29, 1.82) is 0 Å². The van der Waals surface area contributed by atoms with Crippen LogP contribution in [0.3, 0.4) is 0 Å². The first-order valence-corrected chi connectivity index (χ1v) is 11.4. The van der Waals surface area contributed by atoms with Crippen LogP contribution in [0.4, 0.5) is 16.2 Å². The van der Waals surface area contributed by atoms with Gasteiger partial charge in [0.05, 0.1) is 11.5 Å². The summed E-state index contributed by atoms with van der Waals surface area (Å²) in [5.74, 6) is -0.228. The van der Waals surface area contributed by atoms with Crippen LogP contribution < -0.4 is 19.0 Å². The summed E-state index contributed by atoms with van der Waals surface area (Å²) in [5.41, 5.74) is 0.615. The molecule has 2 aromatic carbocycles. The molecule has 0 bridgehead atoms. The molecule has 0 aliphatic rings. The largest absolute Gasteiger partial charge is 0.382 e. The maximum Gasteiger partial charge on any atom is 0.323 e. The number of amides is 2. The lowest BCUT2D eigenvalue weighted by Gasteiger charge is -2.11. The summed E-state index contributed by atoms with van der Waals surface area (Å²) in [6.07, 6.45) is 0. The van der Waals surface area contributed by atoms with Gasteiger partial charge in [-0.2, -0.15) is 16.8 Å². The quantitative estimate of drug-likeness (QED) is 0.619. The lowest BCUT2D eigenvalue weighted by Crippen LogP contribution is -2.19. The Morgan fingerprint density at radius 3 is 1.54 bits per heavy atom. The van der Waals surface area contributed by atoms with Crippen molar-refractivity contribution in [3.05, 3.63) is 48.5 Å². The fourth-order valence-electron chi connectivity index (χ4n) is 1.96. The molecule has 2 rings (SSSR count). The SMILES string of the molecule is CCS(=O)(=O)Oc1cccc(NC(=O)Nc2cccc(OS(=O)(=O)CC)c2)c1. The van der Waals surface area contributed by atoms with Crippen molar-refractivity contribution >= 4 is 37.6 Å². The topological polar surface area (TPSA) is 128 Å². The van der Waals surface area contributed by atoms with Gasteiger partial charge in [-0.05, 0) is 38.1 Å². The van der Waals surface area contributed by atoms with Gasteiger partial charge in [-0.3, -0.25) is 0 Å². The van der Waals surface area contributed by atoms with Gasteiger partial charge >= 0.3 is 26.3 Å². The Labute approximate surface area is 163 Å². The van der Waals surface area contributed by atoms with E-state index >= 15 is 0 Å². The average Bonchev–Trinajstić information content (AvgIpc) is 2.61. The first-order chi connectivity index (χ1) is 13.1. The number of rotatable bonds is 8. The van der Waals surface area contributed by atoms with E-state index in [2.05, 4.69) is 10.6 Å². The molecule has 0 aliphatic carbocycles. The summed E-state index contributed by atoms with van der Waals surface area (Å²) in [6, 6.07) is 11.2. The highest BCUT2D eigenvalue weighted by atomic mass is 32.2. The third-order valence-electron chi connectivity index (χ3n) is 3.34.